The smallest absolute Gasteiger partial charge is 0.192 e. The summed E-state index contributed by atoms with van der Waals surface area (Å²) in [6.07, 6.45) is 2.69. The summed E-state index contributed by atoms with van der Waals surface area (Å²) in [5.41, 5.74) is 0.961. The van der Waals surface area contributed by atoms with Crippen LogP contribution < -0.4 is 0 Å². The number of sulfone groups is 1. The van der Waals surface area contributed by atoms with Crippen molar-refractivity contribution in [2.24, 2.45) is 0 Å². The van der Waals surface area contributed by atoms with Gasteiger partial charge in [0, 0.05) is 17.8 Å². The molecule has 1 aromatic heterocycles. The molecular weight excluding hydrogens is 242 g/mol. The van der Waals surface area contributed by atoms with Crippen LogP contribution in [0.5, 0.6) is 0 Å². The highest BCUT2D eigenvalue weighted by Crippen LogP contribution is 2.08. The van der Waals surface area contributed by atoms with Crippen molar-refractivity contribution in [3.8, 4) is 0 Å². The fourth-order valence-corrected chi connectivity index (χ4v) is 1.60. The van der Waals surface area contributed by atoms with E-state index in [1.807, 2.05) is 0 Å². The van der Waals surface area contributed by atoms with Crippen LogP contribution in [0.2, 0.25) is 0 Å². The third kappa shape index (κ3) is 2.28. The minimum atomic E-state index is -3.15. The lowest BCUT2D eigenvalue weighted by Gasteiger charge is -1.97. The third-order valence-corrected chi connectivity index (χ3v) is 2.98. The third-order valence-electron chi connectivity index (χ3n) is 1.33. The minimum Gasteiger partial charge on any atom is -0.244 e. The van der Waals surface area contributed by atoms with E-state index >= 15 is 0 Å². The van der Waals surface area contributed by atoms with Gasteiger partial charge in [0.05, 0.1) is 0 Å². The van der Waals surface area contributed by atoms with Crippen molar-refractivity contribution in [3.63, 3.8) is 0 Å². The van der Waals surface area contributed by atoms with Crippen LogP contribution in [0.1, 0.15) is 5.56 Å². The molecule has 5 heteroatoms. The highest BCUT2D eigenvalue weighted by molar-refractivity contribution is 9.08. The molecule has 66 valence electrons. The molecule has 0 aliphatic carbocycles. The van der Waals surface area contributed by atoms with E-state index < -0.39 is 9.84 Å². The van der Waals surface area contributed by atoms with E-state index in [9.17, 15) is 8.42 Å². The first kappa shape index (κ1) is 9.67. The zero-order valence-corrected chi connectivity index (χ0v) is 8.89. The number of hydrogen-bond donors (Lipinski definition) is 0. The van der Waals surface area contributed by atoms with Gasteiger partial charge in [-0.05, 0) is 11.6 Å². The predicted molar refractivity (Wildman–Crippen MR) is 50.0 cm³/mol. The van der Waals surface area contributed by atoms with Gasteiger partial charge in [0.15, 0.2) is 14.9 Å². The molecule has 1 rings (SSSR count). The molecule has 0 aromatic carbocycles. The quantitative estimate of drug-likeness (QED) is 0.745. The van der Waals surface area contributed by atoms with E-state index in [1.54, 1.807) is 12.3 Å². The molecule has 0 radical (unpaired) electrons. The molecule has 0 saturated carbocycles. The highest BCUT2D eigenvalue weighted by Gasteiger charge is 2.06. The Hall–Kier alpha value is -0.420. The van der Waals surface area contributed by atoms with E-state index in [0.717, 1.165) is 11.8 Å². The summed E-state index contributed by atoms with van der Waals surface area (Å²) >= 11 is 3.24. The van der Waals surface area contributed by atoms with Crippen molar-refractivity contribution in [2.75, 3.05) is 6.26 Å². The molecule has 3 nitrogen and oxygen atoms in total. The van der Waals surface area contributed by atoms with Crippen molar-refractivity contribution in [2.45, 2.75) is 10.4 Å². The maximum Gasteiger partial charge on any atom is 0.192 e. The molecule has 0 unspecified atom stereocenters. The van der Waals surface area contributed by atoms with Crippen LogP contribution in [0.3, 0.4) is 0 Å². The first-order valence-corrected chi connectivity index (χ1v) is 6.26. The van der Waals surface area contributed by atoms with E-state index in [2.05, 4.69) is 20.9 Å². The highest BCUT2D eigenvalue weighted by atomic mass is 79.9. The van der Waals surface area contributed by atoms with Crippen molar-refractivity contribution >= 4 is 25.8 Å². The Kier molecular flexibility index (Phi) is 2.85. The SMILES string of the molecule is CS(=O)(=O)c1ccc(CBr)cn1. The lowest BCUT2D eigenvalue weighted by atomic mass is 10.3. The molecule has 0 spiro atoms. The summed E-state index contributed by atoms with van der Waals surface area (Å²) in [6.45, 7) is 0. The topological polar surface area (TPSA) is 47.0 Å². The normalized spacial score (nSPS) is 11.5. The second-order valence-corrected chi connectivity index (χ2v) is 4.93. The number of aromatic nitrogens is 1. The average molecular weight is 250 g/mol. The van der Waals surface area contributed by atoms with Gasteiger partial charge in [-0.25, -0.2) is 13.4 Å². The molecular formula is C7H8BrNO2S. The molecule has 0 aliphatic rings. The molecule has 0 bridgehead atoms. The number of halogens is 1. The lowest BCUT2D eigenvalue weighted by Crippen LogP contribution is -1.99. The largest absolute Gasteiger partial charge is 0.244 e. The second kappa shape index (κ2) is 3.53. The van der Waals surface area contributed by atoms with E-state index in [4.69, 9.17) is 0 Å². The van der Waals surface area contributed by atoms with Gasteiger partial charge >= 0.3 is 0 Å². The summed E-state index contributed by atoms with van der Waals surface area (Å²) in [6, 6.07) is 3.24. The van der Waals surface area contributed by atoms with Crippen molar-refractivity contribution in [1.82, 2.24) is 4.98 Å². The molecule has 1 heterocycles. The van der Waals surface area contributed by atoms with E-state index in [0.29, 0.717) is 5.33 Å². The fourth-order valence-electron chi connectivity index (χ4n) is 0.709. The minimum absolute atomic E-state index is 0.118. The van der Waals surface area contributed by atoms with Gasteiger partial charge in [-0.1, -0.05) is 22.0 Å². The van der Waals surface area contributed by atoms with Gasteiger partial charge in [0.1, 0.15) is 0 Å². The first-order valence-electron chi connectivity index (χ1n) is 3.25. The Labute approximate surface area is 79.9 Å². The maximum atomic E-state index is 11.0. The van der Waals surface area contributed by atoms with Crippen LogP contribution in [0, 0.1) is 0 Å². The monoisotopic (exact) mass is 249 g/mol. The molecule has 0 aliphatic heterocycles. The van der Waals surface area contributed by atoms with Crippen LogP contribution in [-0.2, 0) is 15.2 Å². The molecule has 0 atom stereocenters. The Morgan fingerprint density at radius 1 is 1.50 bits per heavy atom. The number of rotatable bonds is 2. The van der Waals surface area contributed by atoms with Gasteiger partial charge in [-0.2, -0.15) is 0 Å². The van der Waals surface area contributed by atoms with Crippen molar-refractivity contribution in [1.29, 1.82) is 0 Å². The number of alkyl halides is 1. The van der Waals surface area contributed by atoms with E-state index in [1.165, 1.54) is 6.07 Å². The Morgan fingerprint density at radius 2 is 2.17 bits per heavy atom. The number of nitrogens with zero attached hydrogens (tertiary/aromatic N) is 1. The summed E-state index contributed by atoms with van der Waals surface area (Å²) < 4.78 is 21.9. The molecule has 0 N–H and O–H groups in total. The van der Waals surface area contributed by atoms with Crippen LogP contribution in [0.15, 0.2) is 23.4 Å². The molecule has 1 aromatic rings. The molecule has 0 amide bonds. The lowest BCUT2D eigenvalue weighted by molar-refractivity contribution is 0.598. The number of pyridine rings is 1. The molecule has 0 saturated heterocycles. The second-order valence-electron chi connectivity index (χ2n) is 2.41. The maximum absolute atomic E-state index is 11.0. The van der Waals surface area contributed by atoms with Crippen LogP contribution in [0.4, 0.5) is 0 Å². The number of hydrogen-bond acceptors (Lipinski definition) is 3. The fraction of sp³-hybridized carbons (Fsp3) is 0.286. The van der Waals surface area contributed by atoms with Gasteiger partial charge in [-0.15, -0.1) is 0 Å². The molecule has 0 fully saturated rings. The summed E-state index contributed by atoms with van der Waals surface area (Å²) in [5.74, 6) is 0. The summed E-state index contributed by atoms with van der Waals surface area (Å²) in [5, 5.41) is 0.802. The summed E-state index contributed by atoms with van der Waals surface area (Å²) in [7, 11) is -3.15. The van der Waals surface area contributed by atoms with Crippen LogP contribution in [0.25, 0.3) is 0 Å². The average Bonchev–Trinajstić information content (AvgIpc) is 2.03. The van der Waals surface area contributed by atoms with Crippen LogP contribution >= 0.6 is 15.9 Å². The molecule has 12 heavy (non-hydrogen) atoms. The zero-order chi connectivity index (χ0) is 9.19. The Balaban J connectivity index is 3.09. The first-order chi connectivity index (χ1) is 5.54. The van der Waals surface area contributed by atoms with Crippen molar-refractivity contribution in [3.05, 3.63) is 23.9 Å². The summed E-state index contributed by atoms with van der Waals surface area (Å²) in [4.78, 5) is 3.80. The van der Waals surface area contributed by atoms with Gasteiger partial charge in [0.2, 0.25) is 0 Å². The predicted octanol–water partition coefficient (Wildman–Crippen LogP) is 1.38. The standard InChI is InChI=1S/C7H8BrNO2S/c1-12(10,11)7-3-2-6(4-8)5-9-7/h2-3,5H,4H2,1H3. The van der Waals surface area contributed by atoms with Gasteiger partial charge in [-0.3, -0.25) is 0 Å². The van der Waals surface area contributed by atoms with Gasteiger partial charge in [0.25, 0.3) is 0 Å². The Bertz CT molecular complexity index is 357. The van der Waals surface area contributed by atoms with Crippen molar-refractivity contribution < 1.29 is 8.42 Å². The van der Waals surface area contributed by atoms with Gasteiger partial charge < -0.3 is 0 Å². The van der Waals surface area contributed by atoms with Crippen LogP contribution in [-0.4, -0.2) is 19.7 Å². The van der Waals surface area contributed by atoms with E-state index in [-0.39, 0.29) is 5.03 Å². The zero-order valence-electron chi connectivity index (χ0n) is 6.49. The Morgan fingerprint density at radius 3 is 2.50 bits per heavy atom.